The highest BCUT2D eigenvalue weighted by Gasteiger charge is 2.52. The minimum Gasteiger partial charge on any atom is -0.424 e. The maximum Gasteiger partial charge on any atom is 0.509 e. The second kappa shape index (κ2) is 5.03. The molecular formula is C13H14O5S. The van der Waals surface area contributed by atoms with Gasteiger partial charge < -0.3 is 19.3 Å². The monoisotopic (exact) mass is 282 g/mol. The van der Waals surface area contributed by atoms with Gasteiger partial charge in [-0.15, -0.1) is 0 Å². The first-order valence-corrected chi connectivity index (χ1v) is 6.95. The molecule has 0 aliphatic carbocycles. The minimum absolute atomic E-state index is 0.378. The Morgan fingerprint density at radius 1 is 1.16 bits per heavy atom. The summed E-state index contributed by atoms with van der Waals surface area (Å²) >= 11 is 1.46. The van der Waals surface area contributed by atoms with Gasteiger partial charge in [0.25, 0.3) is 0 Å². The van der Waals surface area contributed by atoms with E-state index in [0.717, 1.165) is 4.90 Å². The van der Waals surface area contributed by atoms with Gasteiger partial charge in [-0.3, -0.25) is 0 Å². The summed E-state index contributed by atoms with van der Waals surface area (Å²) in [5.74, 6) is 0. The zero-order valence-electron chi connectivity index (χ0n) is 10.3. The third kappa shape index (κ3) is 2.43. The molecule has 0 bridgehead atoms. The zero-order chi connectivity index (χ0) is 13.4. The minimum atomic E-state index is -0.857. The van der Waals surface area contributed by atoms with Crippen molar-refractivity contribution < 1.29 is 24.1 Å². The number of aliphatic hydroxyl groups is 1. The normalized spacial score (nSPS) is 37.4. The topological polar surface area (TPSA) is 65.0 Å². The lowest BCUT2D eigenvalue weighted by molar-refractivity contribution is -0.153. The quantitative estimate of drug-likeness (QED) is 0.834. The van der Waals surface area contributed by atoms with Crippen LogP contribution < -0.4 is 0 Å². The van der Waals surface area contributed by atoms with E-state index in [-0.39, 0.29) is 5.44 Å². The number of aliphatic hydroxyl groups excluding tert-OH is 1. The number of hydrogen-bond donors (Lipinski definition) is 1. The maximum atomic E-state index is 11.2. The van der Waals surface area contributed by atoms with Crippen molar-refractivity contribution in [3.63, 3.8) is 0 Å². The van der Waals surface area contributed by atoms with Crippen LogP contribution in [0.4, 0.5) is 4.79 Å². The molecular weight excluding hydrogens is 268 g/mol. The molecule has 0 amide bonds. The van der Waals surface area contributed by atoms with E-state index in [0.29, 0.717) is 0 Å². The van der Waals surface area contributed by atoms with Crippen LogP contribution in [0.25, 0.3) is 0 Å². The molecule has 2 fully saturated rings. The molecule has 0 unspecified atom stereocenters. The van der Waals surface area contributed by atoms with Crippen LogP contribution in [0.15, 0.2) is 35.2 Å². The Bertz CT molecular complexity index is 465. The molecule has 1 aromatic rings. The van der Waals surface area contributed by atoms with E-state index in [1.165, 1.54) is 11.8 Å². The molecule has 0 aromatic heterocycles. The van der Waals surface area contributed by atoms with Crippen LogP contribution in [-0.4, -0.2) is 41.1 Å². The van der Waals surface area contributed by atoms with Gasteiger partial charge >= 0.3 is 6.16 Å². The van der Waals surface area contributed by atoms with Crippen LogP contribution in [0.5, 0.6) is 0 Å². The lowest BCUT2D eigenvalue weighted by Crippen LogP contribution is -2.54. The number of ether oxygens (including phenoxy) is 3. The third-order valence-corrected chi connectivity index (χ3v) is 4.37. The Balaban J connectivity index is 1.79. The first-order valence-electron chi connectivity index (χ1n) is 6.07. The molecule has 1 N–H and O–H groups in total. The molecule has 2 saturated heterocycles. The van der Waals surface area contributed by atoms with Gasteiger partial charge in [0, 0.05) is 4.90 Å². The molecule has 0 saturated carbocycles. The smallest absolute Gasteiger partial charge is 0.424 e. The van der Waals surface area contributed by atoms with Crippen LogP contribution >= 0.6 is 11.8 Å². The van der Waals surface area contributed by atoms with E-state index in [9.17, 15) is 9.90 Å². The van der Waals surface area contributed by atoms with Gasteiger partial charge in [0.2, 0.25) is 0 Å². The van der Waals surface area contributed by atoms with Gasteiger partial charge in [0.15, 0.2) is 12.2 Å². The molecule has 0 spiro atoms. The molecule has 0 radical (unpaired) electrons. The van der Waals surface area contributed by atoms with E-state index in [1.807, 2.05) is 30.3 Å². The highest BCUT2D eigenvalue weighted by atomic mass is 32.2. The van der Waals surface area contributed by atoms with Crippen molar-refractivity contribution in [2.75, 3.05) is 0 Å². The van der Waals surface area contributed by atoms with Crippen LogP contribution in [-0.2, 0) is 14.2 Å². The van der Waals surface area contributed by atoms with Crippen molar-refractivity contribution in [3.05, 3.63) is 30.3 Å². The average molecular weight is 282 g/mol. The summed E-state index contributed by atoms with van der Waals surface area (Å²) in [6.07, 6.45) is -3.24. The number of carbonyl (C=O) groups is 1. The molecule has 102 valence electrons. The Morgan fingerprint density at radius 3 is 2.58 bits per heavy atom. The Labute approximate surface area is 114 Å². The molecule has 2 aliphatic rings. The largest absolute Gasteiger partial charge is 0.509 e. The molecule has 5 atom stereocenters. The number of fused-ring (bicyclic) bond motifs is 1. The number of rotatable bonds is 2. The SMILES string of the molecule is C[C@@H]1O[C@@H](Sc2ccccc2)[C@@H]2OC(=O)O[C@@H]2[C@H]1O. The second-order valence-electron chi connectivity index (χ2n) is 4.55. The van der Waals surface area contributed by atoms with Crippen LogP contribution in [0.3, 0.4) is 0 Å². The lowest BCUT2D eigenvalue weighted by Gasteiger charge is -2.37. The third-order valence-electron chi connectivity index (χ3n) is 3.22. The zero-order valence-corrected chi connectivity index (χ0v) is 11.1. The van der Waals surface area contributed by atoms with Crippen molar-refractivity contribution in [2.24, 2.45) is 0 Å². The predicted octanol–water partition coefficient (Wildman–Crippen LogP) is 1.79. The number of thioether (sulfide) groups is 1. The van der Waals surface area contributed by atoms with E-state index in [1.54, 1.807) is 6.92 Å². The predicted molar refractivity (Wildman–Crippen MR) is 67.8 cm³/mol. The second-order valence-corrected chi connectivity index (χ2v) is 5.72. The van der Waals surface area contributed by atoms with Crippen LogP contribution in [0.2, 0.25) is 0 Å². The molecule has 19 heavy (non-hydrogen) atoms. The summed E-state index contributed by atoms with van der Waals surface area (Å²) in [6, 6.07) is 9.70. The van der Waals surface area contributed by atoms with E-state index in [4.69, 9.17) is 14.2 Å². The number of benzene rings is 1. The van der Waals surface area contributed by atoms with Crippen molar-refractivity contribution in [2.45, 2.75) is 41.7 Å². The number of carbonyl (C=O) groups excluding carboxylic acids is 1. The summed E-state index contributed by atoms with van der Waals surface area (Å²) in [6.45, 7) is 1.76. The Morgan fingerprint density at radius 2 is 1.84 bits per heavy atom. The van der Waals surface area contributed by atoms with Crippen LogP contribution in [0, 0.1) is 0 Å². The van der Waals surface area contributed by atoms with E-state index in [2.05, 4.69) is 0 Å². The summed E-state index contributed by atoms with van der Waals surface area (Å²) in [5, 5.41) is 9.96. The first kappa shape index (κ1) is 12.8. The van der Waals surface area contributed by atoms with Gasteiger partial charge in [0.1, 0.15) is 11.5 Å². The fourth-order valence-electron chi connectivity index (χ4n) is 2.22. The highest BCUT2D eigenvalue weighted by Crippen LogP contribution is 2.38. The lowest BCUT2D eigenvalue weighted by atomic mass is 10.0. The number of hydrogen-bond acceptors (Lipinski definition) is 6. The highest BCUT2D eigenvalue weighted by molar-refractivity contribution is 7.99. The van der Waals surface area contributed by atoms with Gasteiger partial charge in [-0.2, -0.15) is 0 Å². The molecule has 6 heteroatoms. The molecule has 2 aliphatic heterocycles. The molecule has 2 heterocycles. The summed E-state index contributed by atoms with van der Waals surface area (Å²) in [5.41, 5.74) is -0.378. The van der Waals surface area contributed by atoms with E-state index < -0.39 is 30.6 Å². The van der Waals surface area contributed by atoms with Crippen molar-refractivity contribution >= 4 is 17.9 Å². The summed E-state index contributed by atoms with van der Waals surface area (Å²) in [4.78, 5) is 12.3. The van der Waals surface area contributed by atoms with Crippen molar-refractivity contribution in [1.29, 1.82) is 0 Å². The standard InChI is InChI=1S/C13H14O5S/c1-7-9(14)10-11(18-13(15)17-10)12(16-7)19-8-5-3-2-4-6-8/h2-7,9-12,14H,1H3/t7-,9-,10+,11+,12-/m0/s1. The Hall–Kier alpha value is -1.24. The van der Waals surface area contributed by atoms with E-state index >= 15 is 0 Å². The van der Waals surface area contributed by atoms with Crippen molar-refractivity contribution in [1.82, 2.24) is 0 Å². The van der Waals surface area contributed by atoms with Gasteiger partial charge in [-0.1, -0.05) is 30.0 Å². The molecule has 1 aromatic carbocycles. The van der Waals surface area contributed by atoms with Crippen molar-refractivity contribution in [3.8, 4) is 0 Å². The first-order chi connectivity index (χ1) is 9.15. The molecule has 5 nitrogen and oxygen atoms in total. The van der Waals surface area contributed by atoms with Gasteiger partial charge in [-0.05, 0) is 19.1 Å². The maximum absolute atomic E-state index is 11.2. The summed E-state index contributed by atoms with van der Waals surface area (Å²) in [7, 11) is 0. The van der Waals surface area contributed by atoms with Crippen LogP contribution in [0.1, 0.15) is 6.92 Å². The molecule has 3 rings (SSSR count). The fourth-order valence-corrected chi connectivity index (χ4v) is 3.38. The Kier molecular flexibility index (Phi) is 3.38. The average Bonchev–Trinajstić information content (AvgIpc) is 2.79. The fraction of sp³-hybridized carbons (Fsp3) is 0.462. The van der Waals surface area contributed by atoms with Gasteiger partial charge in [0.05, 0.1) is 6.10 Å². The summed E-state index contributed by atoms with van der Waals surface area (Å²) < 4.78 is 15.8. The van der Waals surface area contributed by atoms with Gasteiger partial charge in [-0.25, -0.2) is 4.79 Å².